The number of halogens is 1. The Kier molecular flexibility index (Phi) is 5.64. The van der Waals surface area contributed by atoms with E-state index in [0.717, 1.165) is 19.5 Å². The molecule has 0 atom stereocenters. The second kappa shape index (κ2) is 5.32. The summed E-state index contributed by atoms with van der Waals surface area (Å²) in [7, 11) is 2.13. The summed E-state index contributed by atoms with van der Waals surface area (Å²) in [5, 5.41) is 0. The van der Waals surface area contributed by atoms with Crippen LogP contribution >= 0.6 is 23.0 Å². The van der Waals surface area contributed by atoms with Crippen LogP contribution in [-0.4, -0.2) is 30.6 Å². The summed E-state index contributed by atoms with van der Waals surface area (Å²) in [4.78, 5) is 2.29. The van der Waals surface area contributed by atoms with E-state index in [-0.39, 0.29) is 5.60 Å². The third kappa shape index (κ3) is 5.87. The first-order valence-electron chi connectivity index (χ1n) is 4.00. The minimum absolute atomic E-state index is 0.0178. The molecule has 0 saturated carbocycles. The van der Waals surface area contributed by atoms with Crippen LogP contribution in [0.3, 0.4) is 0 Å². The Morgan fingerprint density at radius 2 is 2.00 bits per heavy atom. The van der Waals surface area contributed by atoms with Gasteiger partial charge in [-0.1, -0.05) is 6.92 Å². The van der Waals surface area contributed by atoms with Crippen molar-refractivity contribution >= 4 is 23.0 Å². The molecule has 0 radical (unpaired) electrons. The van der Waals surface area contributed by atoms with Gasteiger partial charge in [-0.05, 0) is 33.9 Å². The summed E-state index contributed by atoms with van der Waals surface area (Å²) in [6.07, 6.45) is 1.08. The minimum Gasteiger partial charge on any atom is -0.310 e. The molecule has 0 aromatic carbocycles. The van der Waals surface area contributed by atoms with E-state index in [9.17, 15) is 0 Å². The molecule has 0 aliphatic heterocycles. The zero-order valence-corrected chi connectivity index (χ0v) is 10.0. The first kappa shape index (κ1) is 11.6. The van der Waals surface area contributed by atoms with Crippen LogP contribution in [0.1, 0.15) is 27.2 Å². The van der Waals surface area contributed by atoms with Crippen molar-refractivity contribution in [1.29, 1.82) is 0 Å². The van der Waals surface area contributed by atoms with Crippen LogP contribution in [-0.2, 0) is 3.07 Å². The van der Waals surface area contributed by atoms with Crippen molar-refractivity contribution in [2.45, 2.75) is 32.8 Å². The van der Waals surface area contributed by atoms with Crippen LogP contribution in [0, 0.1) is 0 Å². The van der Waals surface area contributed by atoms with Crippen LogP contribution in [0.15, 0.2) is 0 Å². The lowest BCUT2D eigenvalue weighted by atomic mass is 10.1. The number of hydrogen-bond acceptors (Lipinski definition) is 2. The summed E-state index contributed by atoms with van der Waals surface area (Å²) >= 11 is 1.97. The van der Waals surface area contributed by atoms with Gasteiger partial charge in [0.15, 0.2) is 0 Å². The molecule has 68 valence electrons. The lowest BCUT2D eigenvalue weighted by molar-refractivity contribution is 0.142. The standard InChI is InChI=1S/C8H18INO/c1-5-10(4)7-6-8(2,3)11-9/h5-7H2,1-4H3. The predicted octanol–water partition coefficient (Wildman–Crippen LogP) is 2.47. The molecule has 0 unspecified atom stereocenters. The van der Waals surface area contributed by atoms with Gasteiger partial charge in [-0.25, -0.2) is 0 Å². The van der Waals surface area contributed by atoms with Crippen LogP contribution in [0.4, 0.5) is 0 Å². The van der Waals surface area contributed by atoms with Crippen molar-refractivity contribution in [3.05, 3.63) is 0 Å². The number of nitrogens with zero attached hydrogens (tertiary/aromatic N) is 1. The van der Waals surface area contributed by atoms with E-state index in [1.165, 1.54) is 0 Å². The molecule has 0 amide bonds. The Morgan fingerprint density at radius 3 is 2.36 bits per heavy atom. The average molecular weight is 271 g/mol. The van der Waals surface area contributed by atoms with Gasteiger partial charge in [0, 0.05) is 6.54 Å². The largest absolute Gasteiger partial charge is 0.310 e. The Labute approximate surface area is 84.0 Å². The van der Waals surface area contributed by atoms with Crippen molar-refractivity contribution in [3.8, 4) is 0 Å². The second-order valence-corrected chi connectivity index (χ2v) is 3.92. The average Bonchev–Trinajstić information content (AvgIpc) is 2.00. The van der Waals surface area contributed by atoms with E-state index in [1.807, 2.05) is 23.0 Å². The molecule has 0 aliphatic rings. The first-order valence-corrected chi connectivity index (χ1v) is 4.88. The van der Waals surface area contributed by atoms with E-state index < -0.39 is 0 Å². The topological polar surface area (TPSA) is 12.5 Å². The van der Waals surface area contributed by atoms with E-state index in [4.69, 9.17) is 3.07 Å². The quantitative estimate of drug-likeness (QED) is 0.712. The highest BCUT2D eigenvalue weighted by Gasteiger charge is 2.17. The van der Waals surface area contributed by atoms with Crippen molar-refractivity contribution in [2.24, 2.45) is 0 Å². The summed E-state index contributed by atoms with van der Waals surface area (Å²) in [5.74, 6) is 0. The Bertz CT molecular complexity index is 106. The molecule has 0 aromatic heterocycles. The Hall–Kier alpha value is 0.650. The van der Waals surface area contributed by atoms with Crippen molar-refractivity contribution < 1.29 is 3.07 Å². The summed E-state index contributed by atoms with van der Waals surface area (Å²) in [6.45, 7) is 8.60. The zero-order valence-electron chi connectivity index (χ0n) is 7.85. The fourth-order valence-electron chi connectivity index (χ4n) is 0.657. The second-order valence-electron chi connectivity index (χ2n) is 3.48. The third-order valence-corrected chi connectivity index (χ3v) is 3.04. The van der Waals surface area contributed by atoms with Gasteiger partial charge in [0.25, 0.3) is 0 Å². The normalized spacial score (nSPS) is 12.5. The highest BCUT2D eigenvalue weighted by atomic mass is 127. The van der Waals surface area contributed by atoms with Crippen molar-refractivity contribution in [3.63, 3.8) is 0 Å². The van der Waals surface area contributed by atoms with Crippen LogP contribution < -0.4 is 0 Å². The fraction of sp³-hybridized carbons (Fsp3) is 1.00. The molecule has 0 aliphatic carbocycles. The highest BCUT2D eigenvalue weighted by Crippen LogP contribution is 2.17. The molecule has 0 bridgehead atoms. The molecule has 0 N–H and O–H groups in total. The fourth-order valence-corrected chi connectivity index (χ4v) is 0.877. The highest BCUT2D eigenvalue weighted by molar-refractivity contribution is 14.1. The molecule has 0 heterocycles. The van der Waals surface area contributed by atoms with Gasteiger partial charge < -0.3 is 7.97 Å². The molecule has 0 saturated heterocycles. The Balaban J connectivity index is 3.52. The van der Waals surface area contributed by atoms with Gasteiger partial charge in [0.1, 0.15) is 23.0 Å². The zero-order chi connectivity index (χ0) is 8.91. The molecule has 0 aromatic rings. The molecule has 0 spiro atoms. The van der Waals surface area contributed by atoms with Gasteiger partial charge >= 0.3 is 0 Å². The van der Waals surface area contributed by atoms with Gasteiger partial charge in [-0.3, -0.25) is 0 Å². The van der Waals surface area contributed by atoms with E-state index >= 15 is 0 Å². The van der Waals surface area contributed by atoms with Crippen molar-refractivity contribution in [1.82, 2.24) is 4.90 Å². The maximum Gasteiger partial charge on any atom is 0.110 e. The summed E-state index contributed by atoms with van der Waals surface area (Å²) in [6, 6.07) is 0. The predicted molar refractivity (Wildman–Crippen MR) is 57.0 cm³/mol. The number of hydrogen-bond donors (Lipinski definition) is 0. The third-order valence-electron chi connectivity index (χ3n) is 1.84. The molecular formula is C8H18INO. The van der Waals surface area contributed by atoms with Gasteiger partial charge in [-0.2, -0.15) is 0 Å². The van der Waals surface area contributed by atoms with Crippen LogP contribution in [0.25, 0.3) is 0 Å². The SMILES string of the molecule is CCN(C)CCC(C)(C)OI. The Morgan fingerprint density at radius 1 is 1.45 bits per heavy atom. The molecule has 3 heteroatoms. The van der Waals surface area contributed by atoms with Crippen LogP contribution in [0.5, 0.6) is 0 Å². The van der Waals surface area contributed by atoms with Crippen molar-refractivity contribution in [2.75, 3.05) is 20.1 Å². The van der Waals surface area contributed by atoms with Gasteiger partial charge in [0.2, 0.25) is 0 Å². The maximum absolute atomic E-state index is 5.28. The molecule has 0 fully saturated rings. The monoisotopic (exact) mass is 271 g/mol. The smallest absolute Gasteiger partial charge is 0.110 e. The maximum atomic E-state index is 5.28. The molecular weight excluding hydrogens is 253 g/mol. The number of rotatable bonds is 5. The molecule has 0 rings (SSSR count). The molecule has 11 heavy (non-hydrogen) atoms. The molecule has 2 nitrogen and oxygen atoms in total. The van der Waals surface area contributed by atoms with Gasteiger partial charge in [0.05, 0.1) is 5.60 Å². The lowest BCUT2D eigenvalue weighted by Gasteiger charge is -2.24. The van der Waals surface area contributed by atoms with Gasteiger partial charge in [-0.15, -0.1) is 0 Å². The van der Waals surface area contributed by atoms with E-state index in [1.54, 1.807) is 0 Å². The summed E-state index contributed by atoms with van der Waals surface area (Å²) in [5.41, 5.74) is 0.0178. The van der Waals surface area contributed by atoms with E-state index in [2.05, 4.69) is 32.7 Å². The van der Waals surface area contributed by atoms with Crippen LogP contribution in [0.2, 0.25) is 0 Å². The minimum atomic E-state index is 0.0178. The lowest BCUT2D eigenvalue weighted by Crippen LogP contribution is -2.28. The van der Waals surface area contributed by atoms with E-state index in [0.29, 0.717) is 0 Å². The first-order chi connectivity index (χ1) is 5.02. The summed E-state index contributed by atoms with van der Waals surface area (Å²) < 4.78 is 5.28.